The number of halogens is 2. The Morgan fingerprint density at radius 2 is 2.00 bits per heavy atom. The van der Waals surface area contributed by atoms with Gasteiger partial charge >= 0.3 is 6.03 Å². The lowest BCUT2D eigenvalue weighted by Crippen LogP contribution is -2.44. The number of hydrogen-bond donors (Lipinski definition) is 1. The molecule has 0 fully saturated rings. The minimum absolute atomic E-state index is 0.190. The molecule has 3 heterocycles. The number of fused-ring (bicyclic) bond motifs is 1. The highest BCUT2D eigenvalue weighted by atomic mass is 35.5. The van der Waals surface area contributed by atoms with Crippen LogP contribution in [0.2, 0.25) is 10.0 Å². The standard InChI is InChI=1S/C19H16Cl2N4O/c20-15-6-5-14(11-16(15)21)23-19(26)25-10-9-24-8-2-4-17(24)18(25)13-3-1-7-22-12-13/h1-8,11-12,18H,9-10H2,(H,23,26)/t18-/m1/s1. The fraction of sp³-hybridized carbons (Fsp3) is 0.158. The Kier molecular flexibility index (Phi) is 4.57. The molecule has 0 radical (unpaired) electrons. The third-order valence-corrected chi connectivity index (χ3v) is 5.21. The van der Waals surface area contributed by atoms with Gasteiger partial charge in [0.2, 0.25) is 0 Å². The number of nitrogens with zero attached hydrogens (tertiary/aromatic N) is 3. The van der Waals surface area contributed by atoms with Crippen molar-refractivity contribution >= 4 is 34.9 Å². The Bertz CT molecular complexity index is 942. The molecule has 1 N–H and O–H groups in total. The highest BCUT2D eigenvalue weighted by molar-refractivity contribution is 6.42. The molecule has 0 bridgehead atoms. The summed E-state index contributed by atoms with van der Waals surface area (Å²) in [6.45, 7) is 1.34. The summed E-state index contributed by atoms with van der Waals surface area (Å²) in [5.74, 6) is 0. The molecule has 7 heteroatoms. The number of carbonyl (C=O) groups excluding carboxylic acids is 1. The molecule has 0 spiro atoms. The predicted molar refractivity (Wildman–Crippen MR) is 103 cm³/mol. The molecule has 3 aromatic rings. The maximum Gasteiger partial charge on any atom is 0.322 e. The van der Waals surface area contributed by atoms with E-state index >= 15 is 0 Å². The van der Waals surface area contributed by atoms with Crippen molar-refractivity contribution in [1.29, 1.82) is 0 Å². The second-order valence-corrected chi connectivity index (χ2v) is 6.88. The molecule has 26 heavy (non-hydrogen) atoms. The van der Waals surface area contributed by atoms with Crippen LogP contribution in [-0.2, 0) is 6.54 Å². The number of hydrogen-bond acceptors (Lipinski definition) is 2. The maximum atomic E-state index is 13.0. The Morgan fingerprint density at radius 3 is 2.77 bits per heavy atom. The third kappa shape index (κ3) is 3.16. The second-order valence-electron chi connectivity index (χ2n) is 6.07. The largest absolute Gasteiger partial charge is 0.348 e. The monoisotopic (exact) mass is 386 g/mol. The van der Waals surface area contributed by atoms with Crippen molar-refractivity contribution in [2.75, 3.05) is 11.9 Å². The van der Waals surface area contributed by atoms with Crippen molar-refractivity contribution in [3.63, 3.8) is 0 Å². The van der Waals surface area contributed by atoms with Gasteiger partial charge in [0.15, 0.2) is 0 Å². The van der Waals surface area contributed by atoms with Crippen molar-refractivity contribution in [2.45, 2.75) is 12.6 Å². The molecule has 2 amide bonds. The van der Waals surface area contributed by atoms with Gasteiger partial charge in [-0.2, -0.15) is 0 Å². The van der Waals surface area contributed by atoms with E-state index in [-0.39, 0.29) is 12.1 Å². The molecule has 5 nitrogen and oxygen atoms in total. The third-order valence-electron chi connectivity index (χ3n) is 4.47. The molecule has 0 unspecified atom stereocenters. The number of nitrogens with one attached hydrogen (secondary N) is 1. The Hall–Kier alpha value is -2.50. The summed E-state index contributed by atoms with van der Waals surface area (Å²) >= 11 is 12.0. The molecular formula is C19H16Cl2N4O. The van der Waals surface area contributed by atoms with Gasteiger partial charge < -0.3 is 14.8 Å². The van der Waals surface area contributed by atoms with Gasteiger partial charge in [-0.05, 0) is 42.0 Å². The summed E-state index contributed by atoms with van der Waals surface area (Å²) in [6, 6.07) is 12.6. The van der Waals surface area contributed by atoms with Crippen LogP contribution in [0.1, 0.15) is 17.3 Å². The zero-order valence-corrected chi connectivity index (χ0v) is 15.3. The highest BCUT2D eigenvalue weighted by Gasteiger charge is 2.32. The molecule has 0 saturated heterocycles. The topological polar surface area (TPSA) is 50.2 Å². The average molecular weight is 387 g/mol. The van der Waals surface area contributed by atoms with Crippen LogP contribution >= 0.6 is 23.2 Å². The molecule has 0 aliphatic carbocycles. The quantitative estimate of drug-likeness (QED) is 0.685. The first kappa shape index (κ1) is 16.9. The van der Waals surface area contributed by atoms with Crippen LogP contribution in [0.5, 0.6) is 0 Å². The number of urea groups is 1. The molecule has 1 aliphatic rings. The van der Waals surface area contributed by atoms with Gasteiger partial charge in [0.25, 0.3) is 0 Å². The molecule has 132 valence electrons. The number of carbonyl (C=O) groups is 1. The Labute approximate surface area is 161 Å². The number of pyridine rings is 1. The first-order valence-corrected chi connectivity index (χ1v) is 8.97. The van der Waals surface area contributed by atoms with Crippen LogP contribution in [0.3, 0.4) is 0 Å². The summed E-state index contributed by atoms with van der Waals surface area (Å²) in [6.07, 6.45) is 5.56. The molecule has 1 aliphatic heterocycles. The van der Waals surface area contributed by atoms with E-state index in [1.165, 1.54) is 0 Å². The molecular weight excluding hydrogens is 371 g/mol. The molecule has 0 saturated carbocycles. The Morgan fingerprint density at radius 1 is 1.12 bits per heavy atom. The highest BCUT2D eigenvalue weighted by Crippen LogP contribution is 2.33. The number of amides is 2. The van der Waals surface area contributed by atoms with Gasteiger partial charge in [-0.25, -0.2) is 4.79 Å². The van der Waals surface area contributed by atoms with E-state index in [2.05, 4.69) is 14.9 Å². The van der Waals surface area contributed by atoms with Gasteiger partial charge in [-0.15, -0.1) is 0 Å². The van der Waals surface area contributed by atoms with Gasteiger partial charge in [-0.3, -0.25) is 4.98 Å². The minimum Gasteiger partial charge on any atom is -0.348 e. The number of aromatic nitrogens is 2. The minimum atomic E-state index is -0.199. The molecule has 2 aromatic heterocycles. The van der Waals surface area contributed by atoms with E-state index in [0.29, 0.717) is 22.3 Å². The molecule has 4 rings (SSSR count). The zero-order valence-electron chi connectivity index (χ0n) is 13.8. The summed E-state index contributed by atoms with van der Waals surface area (Å²) in [5, 5.41) is 3.77. The number of anilines is 1. The van der Waals surface area contributed by atoms with Gasteiger partial charge in [0.05, 0.1) is 10.0 Å². The van der Waals surface area contributed by atoms with Gasteiger partial charge in [-0.1, -0.05) is 29.3 Å². The number of rotatable bonds is 2. The smallest absolute Gasteiger partial charge is 0.322 e. The van der Waals surface area contributed by atoms with Crippen molar-refractivity contribution in [1.82, 2.24) is 14.5 Å². The maximum absolute atomic E-state index is 13.0. The first-order valence-electron chi connectivity index (χ1n) is 8.21. The lowest BCUT2D eigenvalue weighted by Gasteiger charge is -2.37. The van der Waals surface area contributed by atoms with Crippen LogP contribution in [0.25, 0.3) is 0 Å². The van der Waals surface area contributed by atoms with E-state index in [0.717, 1.165) is 17.8 Å². The van der Waals surface area contributed by atoms with E-state index in [1.54, 1.807) is 30.6 Å². The fourth-order valence-corrected chi connectivity index (χ4v) is 3.56. The van der Waals surface area contributed by atoms with Crippen LogP contribution in [0.4, 0.5) is 10.5 Å². The fourth-order valence-electron chi connectivity index (χ4n) is 3.26. The zero-order chi connectivity index (χ0) is 18.1. The Balaban J connectivity index is 1.65. The molecule has 1 aromatic carbocycles. The van der Waals surface area contributed by atoms with Crippen LogP contribution in [0, 0.1) is 0 Å². The van der Waals surface area contributed by atoms with Crippen LogP contribution in [-0.4, -0.2) is 27.0 Å². The SMILES string of the molecule is O=C(Nc1ccc(Cl)c(Cl)c1)N1CCn2cccc2[C@H]1c1cccnc1. The summed E-state index contributed by atoms with van der Waals surface area (Å²) < 4.78 is 2.17. The number of benzene rings is 1. The van der Waals surface area contributed by atoms with Crippen LogP contribution in [0.15, 0.2) is 61.1 Å². The van der Waals surface area contributed by atoms with Crippen molar-refractivity contribution in [3.05, 3.63) is 82.4 Å². The van der Waals surface area contributed by atoms with Crippen LogP contribution < -0.4 is 5.32 Å². The van der Waals surface area contributed by atoms with Gasteiger partial charge in [0, 0.05) is 43.1 Å². The predicted octanol–water partition coefficient (Wildman–Crippen LogP) is 4.83. The van der Waals surface area contributed by atoms with Gasteiger partial charge in [0.1, 0.15) is 6.04 Å². The normalized spacial score (nSPS) is 16.2. The van der Waals surface area contributed by atoms with E-state index in [1.807, 2.05) is 35.4 Å². The lowest BCUT2D eigenvalue weighted by atomic mass is 10.0. The van der Waals surface area contributed by atoms with Crippen molar-refractivity contribution < 1.29 is 4.79 Å². The van der Waals surface area contributed by atoms with E-state index in [4.69, 9.17) is 23.2 Å². The van der Waals surface area contributed by atoms with Crippen molar-refractivity contribution in [2.24, 2.45) is 0 Å². The summed E-state index contributed by atoms with van der Waals surface area (Å²) in [4.78, 5) is 19.0. The average Bonchev–Trinajstić information content (AvgIpc) is 3.13. The molecule has 1 atom stereocenters. The van der Waals surface area contributed by atoms with E-state index < -0.39 is 0 Å². The summed E-state index contributed by atoms with van der Waals surface area (Å²) in [7, 11) is 0. The summed E-state index contributed by atoms with van der Waals surface area (Å²) in [5.41, 5.74) is 2.64. The second kappa shape index (κ2) is 7.02. The van der Waals surface area contributed by atoms with E-state index in [9.17, 15) is 4.79 Å². The lowest BCUT2D eigenvalue weighted by molar-refractivity contribution is 0.181. The van der Waals surface area contributed by atoms with Crippen molar-refractivity contribution in [3.8, 4) is 0 Å². The first-order chi connectivity index (χ1) is 12.6.